The van der Waals surface area contributed by atoms with Crippen molar-refractivity contribution in [1.82, 2.24) is 19.9 Å². The molecule has 6 nitrogen and oxygen atoms in total. The smallest absolute Gasteiger partial charge is 0.226 e. The average Bonchev–Trinajstić information content (AvgIpc) is 2.73. The summed E-state index contributed by atoms with van der Waals surface area (Å²) in [4.78, 5) is 28.9. The molecule has 3 heterocycles. The van der Waals surface area contributed by atoms with E-state index in [0.717, 1.165) is 66.6 Å². The number of aromatic nitrogens is 3. The van der Waals surface area contributed by atoms with Gasteiger partial charge in [0.25, 0.3) is 0 Å². The second-order valence-corrected chi connectivity index (χ2v) is 10.6. The Bertz CT molecular complexity index is 940. The van der Waals surface area contributed by atoms with Crippen molar-refractivity contribution in [3.8, 4) is 0 Å². The molecule has 4 fully saturated rings. The van der Waals surface area contributed by atoms with Crippen LogP contribution in [0.4, 0.5) is 5.82 Å². The van der Waals surface area contributed by atoms with Crippen LogP contribution in [-0.4, -0.2) is 32.3 Å². The largest absolute Gasteiger partial charge is 0.310 e. The molecule has 2 aromatic heterocycles. The topological polar surface area (TPSA) is 71.0 Å². The zero-order chi connectivity index (χ0) is 20.8. The minimum Gasteiger partial charge on any atom is -0.310 e. The summed E-state index contributed by atoms with van der Waals surface area (Å²) in [5, 5.41) is 3.19. The van der Waals surface area contributed by atoms with E-state index < -0.39 is 0 Å². The van der Waals surface area contributed by atoms with Crippen LogP contribution in [0, 0.1) is 23.2 Å². The summed E-state index contributed by atoms with van der Waals surface area (Å²) in [7, 11) is 0. The molecule has 1 amide bonds. The summed E-state index contributed by atoms with van der Waals surface area (Å²) in [6, 6.07) is 6.03. The van der Waals surface area contributed by atoms with Crippen molar-refractivity contribution in [2.45, 2.75) is 64.5 Å². The first-order valence-corrected chi connectivity index (χ1v) is 11.9. The Morgan fingerprint density at radius 1 is 1.06 bits per heavy atom. The van der Waals surface area contributed by atoms with E-state index in [9.17, 15) is 4.79 Å². The Labute approximate surface area is 183 Å². The first kappa shape index (κ1) is 19.4. The molecule has 1 aliphatic heterocycles. The van der Waals surface area contributed by atoms with Gasteiger partial charge in [-0.05, 0) is 80.2 Å². The van der Waals surface area contributed by atoms with E-state index in [1.54, 1.807) is 6.33 Å². The molecule has 4 aliphatic carbocycles. The van der Waals surface area contributed by atoms with Gasteiger partial charge in [0.15, 0.2) is 0 Å². The number of anilines is 1. The van der Waals surface area contributed by atoms with E-state index in [2.05, 4.69) is 31.2 Å². The van der Waals surface area contributed by atoms with Crippen molar-refractivity contribution in [2.75, 3.05) is 11.9 Å². The lowest BCUT2D eigenvalue weighted by Crippen LogP contribution is -2.47. The fourth-order valence-electron chi connectivity index (χ4n) is 7.40. The number of carbonyl (C=O) groups is 1. The van der Waals surface area contributed by atoms with Gasteiger partial charge in [0.2, 0.25) is 5.91 Å². The fraction of sp³-hybridized carbons (Fsp3) is 0.600. The van der Waals surface area contributed by atoms with Crippen molar-refractivity contribution in [2.24, 2.45) is 23.2 Å². The molecule has 0 spiro atoms. The Kier molecular flexibility index (Phi) is 4.78. The molecular formula is C25H31N5O. The molecule has 6 heteroatoms. The van der Waals surface area contributed by atoms with Crippen LogP contribution >= 0.6 is 0 Å². The highest BCUT2D eigenvalue weighted by atomic mass is 16.1. The zero-order valence-corrected chi connectivity index (χ0v) is 18.1. The number of hydrogen-bond donors (Lipinski definition) is 1. The van der Waals surface area contributed by atoms with Gasteiger partial charge in [0.1, 0.15) is 12.1 Å². The maximum atomic E-state index is 13.1. The second-order valence-electron chi connectivity index (χ2n) is 10.6. The standard InChI is InChI=1S/C25H31N5O/c31-23(13-25-10-17-7-18(11-25)9-19(8-17)12-25)29-24-21-4-6-30(15-22(21)27-16-28-24)14-20-3-1-2-5-26-20/h1-3,5,16-19H,4,6-15H2,(H,27,28,29,31). The predicted octanol–water partition coefficient (Wildman–Crippen LogP) is 3.97. The van der Waals surface area contributed by atoms with Crippen molar-refractivity contribution in [3.63, 3.8) is 0 Å². The van der Waals surface area contributed by atoms with Gasteiger partial charge in [-0.2, -0.15) is 0 Å². The number of fused-ring (bicyclic) bond motifs is 1. The molecule has 31 heavy (non-hydrogen) atoms. The van der Waals surface area contributed by atoms with Crippen molar-refractivity contribution >= 4 is 11.7 Å². The van der Waals surface area contributed by atoms with Gasteiger partial charge in [-0.1, -0.05) is 6.07 Å². The molecule has 4 saturated carbocycles. The Morgan fingerprint density at radius 2 is 1.84 bits per heavy atom. The average molecular weight is 418 g/mol. The number of carbonyl (C=O) groups excluding carboxylic acids is 1. The van der Waals surface area contributed by atoms with E-state index in [0.29, 0.717) is 6.42 Å². The van der Waals surface area contributed by atoms with Gasteiger partial charge in [-0.25, -0.2) is 9.97 Å². The highest BCUT2D eigenvalue weighted by molar-refractivity contribution is 5.91. The third-order valence-corrected chi connectivity index (χ3v) is 8.16. The van der Waals surface area contributed by atoms with Gasteiger partial charge in [-0.15, -0.1) is 0 Å². The van der Waals surface area contributed by atoms with Crippen molar-refractivity contribution in [1.29, 1.82) is 0 Å². The summed E-state index contributed by atoms with van der Waals surface area (Å²) in [5.74, 6) is 3.50. The molecule has 162 valence electrons. The molecule has 0 aromatic carbocycles. The van der Waals surface area contributed by atoms with E-state index in [4.69, 9.17) is 0 Å². The fourth-order valence-corrected chi connectivity index (χ4v) is 7.40. The van der Waals surface area contributed by atoms with Crippen LogP contribution in [0.15, 0.2) is 30.7 Å². The van der Waals surface area contributed by atoms with Crippen LogP contribution in [0.2, 0.25) is 0 Å². The van der Waals surface area contributed by atoms with Gasteiger partial charge in [-0.3, -0.25) is 14.7 Å². The van der Waals surface area contributed by atoms with E-state index in [1.165, 1.54) is 38.5 Å². The van der Waals surface area contributed by atoms with Crippen LogP contribution < -0.4 is 5.32 Å². The second kappa shape index (κ2) is 7.66. The minimum absolute atomic E-state index is 0.152. The first-order valence-electron chi connectivity index (χ1n) is 11.9. The molecular weight excluding hydrogens is 386 g/mol. The van der Waals surface area contributed by atoms with E-state index >= 15 is 0 Å². The molecule has 7 rings (SSSR count). The van der Waals surface area contributed by atoms with Crippen LogP contribution in [0.25, 0.3) is 0 Å². The van der Waals surface area contributed by atoms with Gasteiger partial charge >= 0.3 is 0 Å². The van der Waals surface area contributed by atoms with E-state index in [-0.39, 0.29) is 11.3 Å². The third kappa shape index (κ3) is 3.86. The predicted molar refractivity (Wildman–Crippen MR) is 118 cm³/mol. The van der Waals surface area contributed by atoms with Crippen LogP contribution in [0.1, 0.15) is 61.9 Å². The van der Waals surface area contributed by atoms with Crippen molar-refractivity contribution < 1.29 is 4.79 Å². The lowest BCUT2D eigenvalue weighted by molar-refractivity contribution is -0.124. The molecule has 0 saturated heterocycles. The molecule has 1 N–H and O–H groups in total. The number of nitrogens with zero attached hydrogens (tertiary/aromatic N) is 4. The quantitative estimate of drug-likeness (QED) is 0.797. The SMILES string of the molecule is O=C(CC12CC3CC(CC(C3)C1)C2)Nc1ncnc2c1CCN(Cc1ccccn1)C2. The molecule has 5 aliphatic rings. The lowest BCUT2D eigenvalue weighted by Gasteiger charge is -2.56. The van der Waals surface area contributed by atoms with E-state index in [1.807, 2.05) is 18.3 Å². The molecule has 0 radical (unpaired) electrons. The van der Waals surface area contributed by atoms with Crippen LogP contribution in [-0.2, 0) is 24.3 Å². The number of nitrogens with one attached hydrogen (secondary N) is 1. The maximum absolute atomic E-state index is 13.1. The summed E-state index contributed by atoms with van der Waals surface area (Å²) in [6.45, 7) is 2.51. The molecule has 4 bridgehead atoms. The number of hydrogen-bond acceptors (Lipinski definition) is 5. The number of amides is 1. The van der Waals surface area contributed by atoms with Crippen LogP contribution in [0.3, 0.4) is 0 Å². The Morgan fingerprint density at radius 3 is 2.55 bits per heavy atom. The minimum atomic E-state index is 0.152. The monoisotopic (exact) mass is 417 g/mol. The Balaban J connectivity index is 1.13. The molecule has 2 aromatic rings. The first-order chi connectivity index (χ1) is 15.1. The van der Waals surface area contributed by atoms with Gasteiger partial charge in [0, 0.05) is 37.8 Å². The highest BCUT2D eigenvalue weighted by Gasteiger charge is 2.51. The third-order valence-electron chi connectivity index (χ3n) is 8.16. The van der Waals surface area contributed by atoms with Crippen LogP contribution in [0.5, 0.6) is 0 Å². The molecule has 0 unspecified atom stereocenters. The lowest BCUT2D eigenvalue weighted by atomic mass is 9.49. The molecule has 0 atom stereocenters. The van der Waals surface area contributed by atoms with Crippen molar-refractivity contribution in [3.05, 3.63) is 47.7 Å². The maximum Gasteiger partial charge on any atom is 0.226 e. The highest BCUT2D eigenvalue weighted by Crippen LogP contribution is 2.61. The summed E-state index contributed by atoms with van der Waals surface area (Å²) in [6.07, 6.45) is 13.0. The summed E-state index contributed by atoms with van der Waals surface area (Å²) < 4.78 is 0. The van der Waals surface area contributed by atoms with Gasteiger partial charge < -0.3 is 5.32 Å². The number of pyridine rings is 1. The summed E-state index contributed by atoms with van der Waals surface area (Å²) in [5.41, 5.74) is 3.47. The Hall–Kier alpha value is -2.34. The zero-order valence-electron chi connectivity index (χ0n) is 18.1. The normalized spacial score (nSPS) is 31.4. The van der Waals surface area contributed by atoms with Gasteiger partial charge in [0.05, 0.1) is 11.4 Å². The number of rotatable bonds is 5. The summed E-state index contributed by atoms with van der Waals surface area (Å²) >= 11 is 0.